The highest BCUT2D eigenvalue weighted by Crippen LogP contribution is 2.33. The van der Waals surface area contributed by atoms with Gasteiger partial charge in [0.2, 0.25) is 0 Å². The van der Waals surface area contributed by atoms with Crippen molar-refractivity contribution in [3.05, 3.63) is 0 Å². The summed E-state index contributed by atoms with van der Waals surface area (Å²) in [5.41, 5.74) is -2.47. The molecule has 2 saturated heterocycles. The maximum atomic E-state index is 14.0. The van der Waals surface area contributed by atoms with Crippen molar-refractivity contribution in [1.82, 2.24) is 4.31 Å². The van der Waals surface area contributed by atoms with Gasteiger partial charge in [0, 0.05) is 6.42 Å². The third-order valence-corrected chi connectivity index (χ3v) is 4.24. The van der Waals surface area contributed by atoms with Crippen LogP contribution in [0.4, 0.5) is 9.18 Å². The molecule has 1 amide bonds. The highest BCUT2D eigenvalue weighted by Gasteiger charge is 2.50. The molecule has 2 aliphatic heterocycles. The molecule has 0 aliphatic carbocycles. The van der Waals surface area contributed by atoms with Gasteiger partial charge >= 0.3 is 16.4 Å². The number of amides is 1. The molecule has 2 heterocycles. The van der Waals surface area contributed by atoms with Crippen molar-refractivity contribution >= 4 is 16.4 Å². The minimum absolute atomic E-state index is 0.105. The Morgan fingerprint density at radius 3 is 2.50 bits per heavy atom. The van der Waals surface area contributed by atoms with Crippen LogP contribution in [0.15, 0.2) is 0 Å². The van der Waals surface area contributed by atoms with Crippen molar-refractivity contribution in [2.45, 2.75) is 44.5 Å². The SMILES string of the molecule is CC(C)(C)OC(=O)N1C(CC2(F)COC2)COS1(=O)=O. The van der Waals surface area contributed by atoms with E-state index in [0.29, 0.717) is 4.31 Å². The van der Waals surface area contributed by atoms with E-state index in [4.69, 9.17) is 9.47 Å². The van der Waals surface area contributed by atoms with Crippen molar-refractivity contribution < 1.29 is 31.3 Å². The van der Waals surface area contributed by atoms with Gasteiger partial charge in [-0.05, 0) is 20.8 Å². The summed E-state index contributed by atoms with van der Waals surface area (Å²) in [7, 11) is -4.21. The van der Waals surface area contributed by atoms with Gasteiger partial charge in [-0.1, -0.05) is 0 Å². The zero-order valence-electron chi connectivity index (χ0n) is 11.6. The Morgan fingerprint density at radius 1 is 1.45 bits per heavy atom. The van der Waals surface area contributed by atoms with Crippen LogP contribution >= 0.6 is 0 Å². The molecule has 1 unspecified atom stereocenters. The molecule has 2 fully saturated rings. The predicted octanol–water partition coefficient (Wildman–Crippen LogP) is 0.996. The highest BCUT2D eigenvalue weighted by molar-refractivity contribution is 7.85. The van der Waals surface area contributed by atoms with E-state index >= 15 is 0 Å². The molecule has 1 atom stereocenters. The quantitative estimate of drug-likeness (QED) is 0.756. The van der Waals surface area contributed by atoms with Crippen molar-refractivity contribution in [1.29, 1.82) is 0 Å². The van der Waals surface area contributed by atoms with Crippen LogP contribution in [0.1, 0.15) is 27.2 Å². The van der Waals surface area contributed by atoms with E-state index in [-0.39, 0.29) is 26.2 Å². The second-order valence-electron chi connectivity index (χ2n) is 6.02. The number of nitrogens with zero attached hydrogens (tertiary/aromatic N) is 1. The van der Waals surface area contributed by atoms with Gasteiger partial charge in [0.15, 0.2) is 5.67 Å². The highest BCUT2D eigenvalue weighted by atomic mass is 32.2. The molecule has 0 N–H and O–H groups in total. The molecule has 9 heteroatoms. The Morgan fingerprint density at radius 2 is 2.05 bits per heavy atom. The average molecular weight is 311 g/mol. The first-order valence-corrected chi connectivity index (χ1v) is 7.57. The summed E-state index contributed by atoms with van der Waals surface area (Å²) in [6.07, 6.45) is -1.21. The van der Waals surface area contributed by atoms with Crippen molar-refractivity contribution in [3.63, 3.8) is 0 Å². The van der Waals surface area contributed by atoms with E-state index in [0.717, 1.165) is 0 Å². The standard InChI is InChI=1S/C11H18FNO6S/c1-10(2,3)19-9(14)13-8(5-18-20(13,15)16)4-11(12)6-17-7-11/h8H,4-7H2,1-3H3. The Kier molecular flexibility index (Phi) is 3.72. The second kappa shape index (κ2) is 4.81. The molecule has 0 spiro atoms. The average Bonchev–Trinajstić information content (AvgIpc) is 2.49. The number of carbonyl (C=O) groups is 1. The minimum atomic E-state index is -4.21. The summed E-state index contributed by atoms with van der Waals surface area (Å²) in [6, 6.07) is -0.913. The van der Waals surface area contributed by atoms with E-state index in [1.165, 1.54) is 0 Å². The number of alkyl halides is 1. The molecule has 2 rings (SSSR count). The maximum Gasteiger partial charge on any atom is 0.426 e. The normalized spacial score (nSPS) is 28.0. The molecular weight excluding hydrogens is 293 g/mol. The van der Waals surface area contributed by atoms with E-state index in [1.807, 2.05) is 0 Å². The third-order valence-electron chi connectivity index (χ3n) is 2.88. The van der Waals surface area contributed by atoms with Crippen molar-refractivity contribution in [2.24, 2.45) is 0 Å². The molecule has 0 saturated carbocycles. The van der Waals surface area contributed by atoms with Crippen LogP contribution in [0.2, 0.25) is 0 Å². The molecule has 7 nitrogen and oxygen atoms in total. The fraction of sp³-hybridized carbons (Fsp3) is 0.909. The zero-order chi connectivity index (χ0) is 15.2. The van der Waals surface area contributed by atoms with Gasteiger partial charge in [-0.2, -0.15) is 12.7 Å². The minimum Gasteiger partial charge on any atom is -0.443 e. The zero-order valence-corrected chi connectivity index (χ0v) is 12.4. The summed E-state index contributed by atoms with van der Waals surface area (Å²) in [4.78, 5) is 12.0. The second-order valence-corrected chi connectivity index (χ2v) is 7.50. The summed E-state index contributed by atoms with van der Waals surface area (Å²) in [5, 5.41) is 0. The third kappa shape index (κ3) is 3.21. The Bertz CT molecular complexity index is 496. The number of hydrogen-bond acceptors (Lipinski definition) is 6. The van der Waals surface area contributed by atoms with Crippen LogP contribution in [0, 0.1) is 0 Å². The topological polar surface area (TPSA) is 82.1 Å². The van der Waals surface area contributed by atoms with Crippen molar-refractivity contribution in [3.8, 4) is 0 Å². The first-order valence-electron chi connectivity index (χ1n) is 6.21. The number of carbonyl (C=O) groups excluding carboxylic acids is 1. The molecule has 0 aromatic heterocycles. The predicted molar refractivity (Wildman–Crippen MR) is 66.0 cm³/mol. The van der Waals surface area contributed by atoms with Gasteiger partial charge in [0.05, 0.1) is 25.9 Å². The van der Waals surface area contributed by atoms with E-state index in [1.54, 1.807) is 20.8 Å². The lowest BCUT2D eigenvalue weighted by molar-refractivity contribution is -0.139. The Balaban J connectivity index is 2.14. The van der Waals surface area contributed by atoms with Crippen molar-refractivity contribution in [2.75, 3.05) is 19.8 Å². The fourth-order valence-corrected chi connectivity index (χ4v) is 3.19. The summed E-state index contributed by atoms with van der Waals surface area (Å²) in [5.74, 6) is 0. The van der Waals surface area contributed by atoms with Gasteiger partial charge in [0.1, 0.15) is 5.60 Å². The van der Waals surface area contributed by atoms with Gasteiger partial charge in [0.25, 0.3) is 0 Å². The van der Waals surface area contributed by atoms with Gasteiger partial charge in [-0.25, -0.2) is 9.18 Å². The molecule has 0 radical (unpaired) electrons. The first-order chi connectivity index (χ1) is 9.03. The van der Waals surface area contributed by atoms with Crippen LogP contribution in [-0.4, -0.2) is 55.9 Å². The smallest absolute Gasteiger partial charge is 0.426 e. The molecule has 0 aromatic carbocycles. The van der Waals surface area contributed by atoms with Crippen LogP contribution in [0.5, 0.6) is 0 Å². The molecule has 20 heavy (non-hydrogen) atoms. The van der Waals surface area contributed by atoms with Crippen LogP contribution in [0.25, 0.3) is 0 Å². The fourth-order valence-electron chi connectivity index (χ4n) is 2.02. The van der Waals surface area contributed by atoms with E-state index < -0.39 is 33.7 Å². The number of ether oxygens (including phenoxy) is 2. The summed E-state index contributed by atoms with van der Waals surface area (Å²) >= 11 is 0. The first kappa shape index (κ1) is 15.5. The Hall–Kier alpha value is -0.930. The Labute approximate surface area is 117 Å². The monoisotopic (exact) mass is 311 g/mol. The largest absolute Gasteiger partial charge is 0.443 e. The molecule has 2 aliphatic rings. The van der Waals surface area contributed by atoms with Gasteiger partial charge in [-0.3, -0.25) is 4.18 Å². The number of hydrogen-bond donors (Lipinski definition) is 0. The van der Waals surface area contributed by atoms with Gasteiger partial charge < -0.3 is 9.47 Å². The van der Waals surface area contributed by atoms with Gasteiger partial charge in [-0.15, -0.1) is 0 Å². The lowest BCUT2D eigenvalue weighted by Gasteiger charge is -2.36. The molecule has 0 aromatic rings. The molecule has 0 bridgehead atoms. The molecule has 116 valence electrons. The molecular formula is C11H18FNO6S. The summed E-state index contributed by atoms with van der Waals surface area (Å²) in [6.45, 7) is 4.35. The number of halogens is 1. The van der Waals surface area contributed by atoms with Crippen LogP contribution in [0.3, 0.4) is 0 Å². The van der Waals surface area contributed by atoms with E-state index in [9.17, 15) is 17.6 Å². The maximum absolute atomic E-state index is 14.0. The van der Waals surface area contributed by atoms with Crippen LogP contribution < -0.4 is 0 Å². The van der Waals surface area contributed by atoms with E-state index in [2.05, 4.69) is 4.18 Å². The lowest BCUT2D eigenvalue weighted by Crippen LogP contribution is -2.52. The number of rotatable bonds is 2. The van der Waals surface area contributed by atoms with Crippen LogP contribution in [-0.2, 0) is 24.0 Å². The lowest BCUT2D eigenvalue weighted by atomic mass is 9.95. The summed E-state index contributed by atoms with van der Waals surface area (Å²) < 4.78 is 52.4.